The van der Waals surface area contributed by atoms with Crippen LogP contribution in [0.3, 0.4) is 0 Å². The van der Waals surface area contributed by atoms with Crippen molar-refractivity contribution in [3.63, 3.8) is 0 Å². The molecular formula is C19H22N2O2S2. The van der Waals surface area contributed by atoms with E-state index in [1.807, 2.05) is 67.8 Å². The summed E-state index contributed by atoms with van der Waals surface area (Å²) in [5.74, 6) is 1.56. The maximum Gasteiger partial charge on any atom is 0.238 e. The molecule has 1 unspecified atom stereocenters. The first kappa shape index (κ1) is 19.4. The molecular weight excluding hydrogens is 352 g/mol. The number of amides is 1. The predicted octanol–water partition coefficient (Wildman–Crippen LogP) is 4.48. The minimum absolute atomic E-state index is 0.0393. The van der Waals surface area contributed by atoms with Gasteiger partial charge in [-0.05, 0) is 43.0 Å². The Hall–Kier alpha value is -1.92. The molecule has 0 saturated carbocycles. The van der Waals surface area contributed by atoms with Crippen molar-refractivity contribution < 1.29 is 9.53 Å². The Labute approximate surface area is 157 Å². The number of hydrogen-bond acceptors (Lipinski definition) is 5. The molecule has 0 aliphatic heterocycles. The number of rotatable bonds is 6. The van der Waals surface area contributed by atoms with Crippen molar-refractivity contribution in [1.82, 2.24) is 5.32 Å². The van der Waals surface area contributed by atoms with Crippen LogP contribution in [0.4, 0.5) is 5.69 Å². The Morgan fingerprint density at radius 2 is 1.84 bits per heavy atom. The van der Waals surface area contributed by atoms with E-state index in [9.17, 15) is 4.79 Å². The molecule has 4 nitrogen and oxygen atoms in total. The summed E-state index contributed by atoms with van der Waals surface area (Å²) in [5, 5.41) is 3.34. The SMILES string of the molecule is COc1ccc(CSC(C)C(=O)NC(=Nc2ccccc2)SC)cc1. The first-order valence-corrected chi connectivity index (χ1v) is 10.1. The zero-order valence-electron chi connectivity index (χ0n) is 14.6. The highest BCUT2D eigenvalue weighted by molar-refractivity contribution is 8.13. The number of aliphatic imine (C=N–C) groups is 1. The molecule has 25 heavy (non-hydrogen) atoms. The number of nitrogens with zero attached hydrogens (tertiary/aromatic N) is 1. The topological polar surface area (TPSA) is 50.7 Å². The van der Waals surface area contributed by atoms with Crippen LogP contribution < -0.4 is 10.1 Å². The molecule has 0 fully saturated rings. The maximum atomic E-state index is 12.4. The average Bonchev–Trinajstić information content (AvgIpc) is 2.66. The van der Waals surface area contributed by atoms with Crippen LogP contribution in [0.15, 0.2) is 59.6 Å². The van der Waals surface area contributed by atoms with Gasteiger partial charge in [-0.2, -0.15) is 0 Å². The molecule has 0 aliphatic carbocycles. The quantitative estimate of drug-likeness (QED) is 0.598. The Kier molecular flexibility index (Phi) is 7.88. The van der Waals surface area contributed by atoms with Gasteiger partial charge >= 0.3 is 0 Å². The molecule has 0 spiro atoms. The van der Waals surface area contributed by atoms with Crippen molar-refractivity contribution >= 4 is 40.3 Å². The molecule has 2 aromatic rings. The highest BCUT2D eigenvalue weighted by atomic mass is 32.2. The zero-order valence-corrected chi connectivity index (χ0v) is 16.2. The second kappa shape index (κ2) is 10.2. The molecule has 0 aromatic heterocycles. The molecule has 1 amide bonds. The third-order valence-electron chi connectivity index (χ3n) is 3.44. The molecule has 6 heteroatoms. The van der Waals surface area contributed by atoms with E-state index in [1.165, 1.54) is 11.8 Å². The summed E-state index contributed by atoms with van der Waals surface area (Å²) in [6.07, 6.45) is 1.90. The van der Waals surface area contributed by atoms with Crippen molar-refractivity contribution in [1.29, 1.82) is 0 Å². The zero-order chi connectivity index (χ0) is 18.1. The summed E-state index contributed by atoms with van der Waals surface area (Å²) in [7, 11) is 1.65. The number of carbonyl (C=O) groups excluding carboxylic acids is 1. The lowest BCUT2D eigenvalue weighted by Gasteiger charge is -2.13. The predicted molar refractivity (Wildman–Crippen MR) is 109 cm³/mol. The van der Waals surface area contributed by atoms with Crippen molar-refractivity contribution in [2.75, 3.05) is 13.4 Å². The van der Waals surface area contributed by atoms with Gasteiger partial charge in [-0.15, -0.1) is 11.8 Å². The first-order valence-electron chi connectivity index (χ1n) is 7.85. The van der Waals surface area contributed by atoms with Crippen molar-refractivity contribution in [3.8, 4) is 5.75 Å². The van der Waals surface area contributed by atoms with E-state index in [-0.39, 0.29) is 11.2 Å². The van der Waals surface area contributed by atoms with Gasteiger partial charge < -0.3 is 10.1 Å². The molecule has 2 aromatic carbocycles. The van der Waals surface area contributed by atoms with E-state index in [4.69, 9.17) is 4.74 Å². The highest BCUT2D eigenvalue weighted by Crippen LogP contribution is 2.20. The van der Waals surface area contributed by atoms with Crippen LogP contribution in [-0.2, 0) is 10.5 Å². The molecule has 0 bridgehead atoms. The number of carbonyl (C=O) groups is 1. The third kappa shape index (κ3) is 6.48. The van der Waals surface area contributed by atoms with Gasteiger partial charge in [-0.1, -0.05) is 42.1 Å². The van der Waals surface area contributed by atoms with Crippen molar-refractivity contribution in [2.24, 2.45) is 4.99 Å². The lowest BCUT2D eigenvalue weighted by molar-refractivity contribution is -0.118. The number of para-hydroxylation sites is 1. The van der Waals surface area contributed by atoms with E-state index < -0.39 is 0 Å². The summed E-state index contributed by atoms with van der Waals surface area (Å²) >= 11 is 3.02. The van der Waals surface area contributed by atoms with Gasteiger partial charge in [0.2, 0.25) is 5.91 Å². The molecule has 0 aliphatic rings. The minimum Gasteiger partial charge on any atom is -0.497 e. The number of nitrogens with one attached hydrogen (secondary N) is 1. The summed E-state index contributed by atoms with van der Waals surface area (Å²) in [6, 6.07) is 17.5. The molecule has 0 heterocycles. The highest BCUT2D eigenvalue weighted by Gasteiger charge is 2.15. The fourth-order valence-electron chi connectivity index (χ4n) is 1.97. The van der Waals surface area contributed by atoms with E-state index in [1.54, 1.807) is 18.9 Å². The van der Waals surface area contributed by atoms with E-state index in [0.29, 0.717) is 5.17 Å². The van der Waals surface area contributed by atoms with Crippen LogP contribution in [0.25, 0.3) is 0 Å². The number of benzene rings is 2. The van der Waals surface area contributed by atoms with Crippen LogP contribution in [0.1, 0.15) is 12.5 Å². The first-order chi connectivity index (χ1) is 12.1. The normalized spacial score (nSPS) is 12.5. The number of hydrogen-bond donors (Lipinski definition) is 1. The Morgan fingerprint density at radius 3 is 2.44 bits per heavy atom. The van der Waals surface area contributed by atoms with Gasteiger partial charge in [0.1, 0.15) is 5.75 Å². The Bertz CT molecular complexity index is 703. The van der Waals surface area contributed by atoms with Crippen LogP contribution in [-0.4, -0.2) is 29.7 Å². The fraction of sp³-hybridized carbons (Fsp3) is 0.263. The summed E-state index contributed by atoms with van der Waals surface area (Å²) in [6.45, 7) is 1.91. The second-order valence-electron chi connectivity index (χ2n) is 5.25. The van der Waals surface area contributed by atoms with Crippen LogP contribution >= 0.6 is 23.5 Å². The lowest BCUT2D eigenvalue weighted by Crippen LogP contribution is -2.34. The van der Waals surface area contributed by atoms with Gasteiger partial charge in [0.25, 0.3) is 0 Å². The summed E-state index contributed by atoms with van der Waals surface area (Å²) in [4.78, 5) is 16.8. The molecule has 0 saturated heterocycles. The number of methoxy groups -OCH3 is 1. The smallest absolute Gasteiger partial charge is 0.238 e. The number of thioether (sulfide) groups is 2. The molecule has 1 N–H and O–H groups in total. The van der Waals surface area contributed by atoms with Gasteiger partial charge in [0.15, 0.2) is 5.17 Å². The van der Waals surface area contributed by atoms with Crippen molar-refractivity contribution in [3.05, 3.63) is 60.2 Å². The Balaban J connectivity index is 1.88. The van der Waals surface area contributed by atoms with E-state index in [0.717, 1.165) is 22.8 Å². The standard InChI is InChI=1S/C19H22N2O2S2/c1-14(25-13-15-9-11-17(23-2)12-10-15)18(22)21-19(24-3)20-16-7-5-4-6-8-16/h4-12,14H,13H2,1-3H3,(H,20,21,22). The maximum absolute atomic E-state index is 12.4. The minimum atomic E-state index is -0.171. The summed E-state index contributed by atoms with van der Waals surface area (Å²) < 4.78 is 5.15. The molecule has 0 radical (unpaired) electrons. The second-order valence-corrected chi connectivity index (χ2v) is 7.37. The van der Waals surface area contributed by atoms with E-state index >= 15 is 0 Å². The van der Waals surface area contributed by atoms with Gasteiger partial charge in [-0.3, -0.25) is 4.79 Å². The van der Waals surface area contributed by atoms with Gasteiger partial charge in [0, 0.05) is 5.75 Å². The largest absolute Gasteiger partial charge is 0.497 e. The van der Waals surface area contributed by atoms with Crippen LogP contribution in [0.5, 0.6) is 5.75 Å². The third-order valence-corrected chi connectivity index (χ3v) is 5.23. The lowest BCUT2D eigenvalue weighted by atomic mass is 10.2. The molecule has 2 rings (SSSR count). The monoisotopic (exact) mass is 374 g/mol. The van der Waals surface area contributed by atoms with E-state index in [2.05, 4.69) is 10.3 Å². The van der Waals surface area contributed by atoms with Crippen LogP contribution in [0, 0.1) is 0 Å². The van der Waals surface area contributed by atoms with Gasteiger partial charge in [0.05, 0.1) is 18.0 Å². The Morgan fingerprint density at radius 1 is 1.16 bits per heavy atom. The average molecular weight is 375 g/mol. The van der Waals surface area contributed by atoms with Crippen molar-refractivity contribution in [2.45, 2.75) is 17.9 Å². The summed E-state index contributed by atoms with van der Waals surface area (Å²) in [5.41, 5.74) is 1.99. The van der Waals surface area contributed by atoms with Crippen LogP contribution in [0.2, 0.25) is 0 Å². The van der Waals surface area contributed by atoms with Gasteiger partial charge in [-0.25, -0.2) is 4.99 Å². The number of amidine groups is 1. The molecule has 1 atom stereocenters. The fourth-order valence-corrected chi connectivity index (χ4v) is 3.21. The molecule has 132 valence electrons. The number of ether oxygens (including phenoxy) is 1.